The lowest BCUT2D eigenvalue weighted by atomic mass is 9.88. The van der Waals surface area contributed by atoms with Crippen LogP contribution in [0.3, 0.4) is 0 Å². The van der Waals surface area contributed by atoms with Crippen LogP contribution in [-0.2, 0) is 27.8 Å². The molecule has 0 spiro atoms. The van der Waals surface area contributed by atoms with Crippen molar-refractivity contribution in [3.8, 4) is 0 Å². The van der Waals surface area contributed by atoms with Gasteiger partial charge < -0.3 is 27.8 Å². The Bertz CT molecular complexity index is 367. The number of ether oxygens (including phenoxy) is 1. The second kappa shape index (κ2) is 5.39. The van der Waals surface area contributed by atoms with Crippen LogP contribution in [0.2, 0.25) is 33.3 Å². The zero-order valence-corrected chi connectivity index (χ0v) is 13.7. The van der Waals surface area contributed by atoms with E-state index in [2.05, 4.69) is 19.6 Å². The molecule has 3 rings (SSSR count). The van der Waals surface area contributed by atoms with E-state index in [1.807, 2.05) is 13.6 Å². The molecule has 0 N–H and O–H groups in total. The highest BCUT2D eigenvalue weighted by Gasteiger charge is 2.56. The van der Waals surface area contributed by atoms with Gasteiger partial charge in [0.25, 0.3) is 0 Å². The van der Waals surface area contributed by atoms with Crippen LogP contribution in [0.25, 0.3) is 0 Å². The topological polar surface area (TPSA) is 55.4 Å². The van der Waals surface area contributed by atoms with Crippen molar-refractivity contribution >= 4 is 22.6 Å². The Morgan fingerprint density at radius 1 is 0.950 bits per heavy atom. The summed E-state index contributed by atoms with van der Waals surface area (Å²) in [4.78, 5) is 0. The molecule has 0 radical (unpaired) electrons. The summed E-state index contributed by atoms with van der Waals surface area (Å²) in [6.45, 7) is 10.7. The minimum absolute atomic E-state index is 0.156. The third-order valence-electron chi connectivity index (χ3n) is 3.60. The molecule has 5 atom stereocenters. The van der Waals surface area contributed by atoms with Crippen LogP contribution in [0.15, 0.2) is 0 Å². The Morgan fingerprint density at radius 3 is 2.30 bits per heavy atom. The van der Waals surface area contributed by atoms with E-state index in [-0.39, 0.29) is 38.7 Å². The number of hydrogen-bond acceptors (Lipinski definition) is 6. The van der Waals surface area contributed by atoms with Crippen molar-refractivity contribution in [2.24, 2.45) is 0 Å². The Hall–Kier alpha value is 0.107. The molecule has 20 heavy (non-hydrogen) atoms. The van der Waals surface area contributed by atoms with Gasteiger partial charge in [0.05, 0.1) is 18.8 Å². The van der Waals surface area contributed by atoms with E-state index in [0.29, 0.717) is 6.61 Å². The highest BCUT2D eigenvalue weighted by molar-refractivity contribution is 6.69. The molecular formula is C11H22B2O6Si. The van der Waals surface area contributed by atoms with Crippen LogP contribution in [0.4, 0.5) is 0 Å². The SMILES string of the molecule is CB1OCC2OC(O[Si](C)(C)C)C3OB(C)OC3C2O1. The fourth-order valence-corrected chi connectivity index (χ4v) is 3.77. The van der Waals surface area contributed by atoms with Crippen LogP contribution in [0, 0.1) is 0 Å². The van der Waals surface area contributed by atoms with E-state index >= 15 is 0 Å². The smallest absolute Gasteiger partial charge is 0.408 e. The van der Waals surface area contributed by atoms with Crippen LogP contribution < -0.4 is 0 Å². The molecule has 0 saturated carbocycles. The third kappa shape index (κ3) is 2.99. The summed E-state index contributed by atoms with van der Waals surface area (Å²) in [5.41, 5.74) is 0. The fourth-order valence-electron chi connectivity index (χ4n) is 2.89. The lowest BCUT2D eigenvalue weighted by molar-refractivity contribution is -0.260. The minimum atomic E-state index is -1.74. The van der Waals surface area contributed by atoms with E-state index in [9.17, 15) is 0 Å². The fraction of sp³-hybridized carbons (Fsp3) is 1.00. The van der Waals surface area contributed by atoms with Gasteiger partial charge in [0.2, 0.25) is 0 Å². The maximum atomic E-state index is 6.12. The van der Waals surface area contributed by atoms with Crippen LogP contribution >= 0.6 is 0 Å². The molecule has 0 amide bonds. The van der Waals surface area contributed by atoms with Crippen molar-refractivity contribution in [2.45, 2.75) is 64.0 Å². The van der Waals surface area contributed by atoms with Crippen LogP contribution in [0.5, 0.6) is 0 Å². The Kier molecular flexibility index (Phi) is 4.04. The molecule has 3 saturated heterocycles. The molecule has 0 bridgehead atoms. The van der Waals surface area contributed by atoms with Gasteiger partial charge in [-0.25, -0.2) is 0 Å². The van der Waals surface area contributed by atoms with Gasteiger partial charge in [0.1, 0.15) is 12.2 Å². The van der Waals surface area contributed by atoms with E-state index < -0.39 is 14.6 Å². The molecule has 5 unspecified atom stereocenters. The first-order chi connectivity index (χ1) is 9.33. The van der Waals surface area contributed by atoms with Crippen LogP contribution in [-0.4, -0.2) is 59.9 Å². The third-order valence-corrected chi connectivity index (χ3v) is 4.54. The molecule has 3 fully saturated rings. The molecule has 9 heteroatoms. The summed E-state index contributed by atoms with van der Waals surface area (Å²) in [5, 5.41) is 0. The molecule has 0 aliphatic carbocycles. The Morgan fingerprint density at radius 2 is 1.60 bits per heavy atom. The predicted molar refractivity (Wildman–Crippen MR) is 76.9 cm³/mol. The Labute approximate surface area is 121 Å². The molecule has 3 aliphatic heterocycles. The zero-order valence-electron chi connectivity index (χ0n) is 12.7. The largest absolute Gasteiger partial charge is 0.454 e. The molecule has 0 aromatic carbocycles. The quantitative estimate of drug-likeness (QED) is 0.709. The molecular weight excluding hydrogens is 278 g/mol. The summed E-state index contributed by atoms with van der Waals surface area (Å²) in [6.07, 6.45) is -1.11. The average molecular weight is 300 g/mol. The molecule has 6 nitrogen and oxygen atoms in total. The van der Waals surface area contributed by atoms with Gasteiger partial charge in [-0.2, -0.15) is 0 Å². The molecule has 0 aromatic heterocycles. The first kappa shape index (κ1) is 15.0. The molecule has 0 aromatic rings. The lowest BCUT2D eigenvalue weighted by Crippen LogP contribution is -2.63. The van der Waals surface area contributed by atoms with Crippen molar-refractivity contribution in [3.63, 3.8) is 0 Å². The second-order valence-electron chi connectivity index (χ2n) is 6.54. The lowest BCUT2D eigenvalue weighted by Gasteiger charge is -2.47. The molecule has 3 heterocycles. The van der Waals surface area contributed by atoms with Crippen molar-refractivity contribution in [2.75, 3.05) is 6.61 Å². The monoisotopic (exact) mass is 300 g/mol. The van der Waals surface area contributed by atoms with Gasteiger partial charge in [-0.3, -0.25) is 0 Å². The van der Waals surface area contributed by atoms with Crippen molar-refractivity contribution in [1.29, 1.82) is 0 Å². The van der Waals surface area contributed by atoms with Crippen molar-refractivity contribution in [3.05, 3.63) is 0 Å². The second-order valence-corrected chi connectivity index (χ2v) is 11.0. The summed E-state index contributed by atoms with van der Waals surface area (Å²) in [5.74, 6) is 0. The van der Waals surface area contributed by atoms with Crippen LogP contribution in [0.1, 0.15) is 0 Å². The number of fused-ring (bicyclic) bond motifs is 3. The maximum Gasteiger partial charge on any atom is 0.454 e. The summed E-state index contributed by atoms with van der Waals surface area (Å²) in [7, 11) is -2.24. The first-order valence-corrected chi connectivity index (χ1v) is 10.7. The number of hydrogen-bond donors (Lipinski definition) is 0. The van der Waals surface area contributed by atoms with Gasteiger partial charge >= 0.3 is 14.2 Å². The van der Waals surface area contributed by atoms with Gasteiger partial charge in [-0.05, 0) is 33.3 Å². The average Bonchev–Trinajstić information content (AvgIpc) is 2.71. The summed E-state index contributed by atoms with van der Waals surface area (Å²) in [6, 6.07) is 0. The van der Waals surface area contributed by atoms with Crippen molar-refractivity contribution < 1.29 is 27.8 Å². The number of rotatable bonds is 2. The van der Waals surface area contributed by atoms with Gasteiger partial charge in [0.15, 0.2) is 14.6 Å². The normalized spacial score (nSPS) is 41.5. The minimum Gasteiger partial charge on any atom is -0.408 e. The van der Waals surface area contributed by atoms with E-state index in [1.54, 1.807) is 0 Å². The summed E-state index contributed by atoms with van der Waals surface area (Å²) < 4.78 is 35.2. The summed E-state index contributed by atoms with van der Waals surface area (Å²) >= 11 is 0. The van der Waals surface area contributed by atoms with E-state index in [1.165, 1.54) is 0 Å². The predicted octanol–water partition coefficient (Wildman–Crippen LogP) is 0.998. The highest BCUT2D eigenvalue weighted by Crippen LogP contribution is 2.36. The van der Waals surface area contributed by atoms with Gasteiger partial charge in [-0.15, -0.1) is 0 Å². The molecule has 3 aliphatic rings. The standard InChI is InChI=1S/C11H22B2O6Si/c1-12-14-6-7-8(16-12)9-10(18-13(2)17-9)11(15-7)19-20(3,4)5/h7-11H,6H2,1-5H3. The molecule has 112 valence electrons. The van der Waals surface area contributed by atoms with E-state index in [0.717, 1.165) is 0 Å². The van der Waals surface area contributed by atoms with E-state index in [4.69, 9.17) is 27.8 Å². The maximum absolute atomic E-state index is 6.12. The first-order valence-electron chi connectivity index (χ1n) is 7.25. The zero-order chi connectivity index (χ0) is 14.5. The van der Waals surface area contributed by atoms with Crippen molar-refractivity contribution in [1.82, 2.24) is 0 Å². The van der Waals surface area contributed by atoms with Gasteiger partial charge in [-0.1, -0.05) is 0 Å². The highest BCUT2D eigenvalue weighted by atomic mass is 28.4. The Balaban J connectivity index is 1.78. The van der Waals surface area contributed by atoms with Gasteiger partial charge in [0, 0.05) is 0 Å².